The zero-order chi connectivity index (χ0) is 15.1. The van der Waals surface area contributed by atoms with Crippen LogP contribution in [0.25, 0.3) is 0 Å². The zero-order valence-electron chi connectivity index (χ0n) is 12.2. The van der Waals surface area contributed by atoms with E-state index in [4.69, 9.17) is 16.7 Å². The van der Waals surface area contributed by atoms with Gasteiger partial charge in [0.2, 0.25) is 5.91 Å². The molecule has 1 aromatic carbocycles. The molecular weight excluding hydrogens is 276 g/mol. The number of rotatable bonds is 7. The maximum atomic E-state index is 11.9. The predicted molar refractivity (Wildman–Crippen MR) is 83.2 cm³/mol. The summed E-state index contributed by atoms with van der Waals surface area (Å²) in [5.41, 5.74) is 1.69. The highest BCUT2D eigenvalue weighted by Crippen LogP contribution is 2.20. The van der Waals surface area contributed by atoms with Crippen molar-refractivity contribution in [1.29, 1.82) is 0 Å². The first-order valence-electron chi connectivity index (χ1n) is 6.86. The zero-order valence-corrected chi connectivity index (χ0v) is 13.0. The second-order valence-electron chi connectivity index (χ2n) is 5.21. The third-order valence-corrected chi connectivity index (χ3v) is 3.41. The number of carbonyl (C=O) groups is 1. The SMILES string of the molecule is Cc1ccc(NC(=O)CC(C)NCCC(C)O)cc1Cl. The van der Waals surface area contributed by atoms with Gasteiger partial charge < -0.3 is 15.7 Å². The molecule has 1 amide bonds. The van der Waals surface area contributed by atoms with Crippen molar-refractivity contribution in [2.24, 2.45) is 0 Å². The average molecular weight is 299 g/mol. The summed E-state index contributed by atoms with van der Waals surface area (Å²) < 4.78 is 0. The van der Waals surface area contributed by atoms with Gasteiger partial charge in [-0.2, -0.15) is 0 Å². The van der Waals surface area contributed by atoms with Crippen molar-refractivity contribution in [3.8, 4) is 0 Å². The minimum Gasteiger partial charge on any atom is -0.393 e. The number of nitrogens with one attached hydrogen (secondary N) is 2. The molecule has 112 valence electrons. The Morgan fingerprint density at radius 1 is 1.40 bits per heavy atom. The van der Waals surface area contributed by atoms with E-state index in [0.29, 0.717) is 30.1 Å². The number of amides is 1. The van der Waals surface area contributed by atoms with Crippen LogP contribution in [0, 0.1) is 6.92 Å². The molecule has 0 aromatic heterocycles. The number of hydrogen-bond acceptors (Lipinski definition) is 3. The molecule has 0 spiro atoms. The van der Waals surface area contributed by atoms with Crippen molar-refractivity contribution in [1.82, 2.24) is 5.32 Å². The third kappa shape index (κ3) is 6.37. The molecule has 2 unspecified atom stereocenters. The molecule has 0 heterocycles. The minimum absolute atomic E-state index is 0.0537. The van der Waals surface area contributed by atoms with Crippen molar-refractivity contribution >= 4 is 23.2 Å². The predicted octanol–water partition coefficient (Wildman–Crippen LogP) is 2.73. The summed E-state index contributed by atoms with van der Waals surface area (Å²) in [7, 11) is 0. The number of benzene rings is 1. The molecule has 0 aliphatic heterocycles. The van der Waals surface area contributed by atoms with Gasteiger partial charge in [0.25, 0.3) is 0 Å². The van der Waals surface area contributed by atoms with Gasteiger partial charge in [-0.15, -0.1) is 0 Å². The molecule has 4 nitrogen and oxygen atoms in total. The van der Waals surface area contributed by atoms with Crippen LogP contribution >= 0.6 is 11.6 Å². The first-order chi connectivity index (χ1) is 9.38. The Morgan fingerprint density at radius 3 is 2.70 bits per heavy atom. The van der Waals surface area contributed by atoms with E-state index < -0.39 is 0 Å². The maximum absolute atomic E-state index is 11.9. The Morgan fingerprint density at radius 2 is 2.10 bits per heavy atom. The lowest BCUT2D eigenvalue weighted by Crippen LogP contribution is -2.32. The van der Waals surface area contributed by atoms with Crippen molar-refractivity contribution in [3.63, 3.8) is 0 Å². The highest BCUT2D eigenvalue weighted by molar-refractivity contribution is 6.31. The van der Waals surface area contributed by atoms with Gasteiger partial charge >= 0.3 is 0 Å². The molecule has 0 fully saturated rings. The number of hydrogen-bond donors (Lipinski definition) is 3. The summed E-state index contributed by atoms with van der Waals surface area (Å²) in [6, 6.07) is 5.53. The van der Waals surface area contributed by atoms with Gasteiger partial charge in [-0.25, -0.2) is 0 Å². The average Bonchev–Trinajstić information content (AvgIpc) is 2.33. The largest absolute Gasteiger partial charge is 0.393 e. The molecule has 5 heteroatoms. The second kappa shape index (κ2) is 8.25. The van der Waals surface area contributed by atoms with Crippen LogP contribution in [0.15, 0.2) is 18.2 Å². The van der Waals surface area contributed by atoms with Crippen LogP contribution in [0.5, 0.6) is 0 Å². The highest BCUT2D eigenvalue weighted by Gasteiger charge is 2.09. The lowest BCUT2D eigenvalue weighted by Gasteiger charge is -2.14. The van der Waals surface area contributed by atoms with Gasteiger partial charge in [0.05, 0.1) is 6.10 Å². The molecular formula is C15H23ClN2O2. The number of aryl methyl sites for hydroxylation is 1. The van der Waals surface area contributed by atoms with E-state index in [1.54, 1.807) is 13.0 Å². The first-order valence-corrected chi connectivity index (χ1v) is 7.23. The van der Waals surface area contributed by atoms with Gasteiger partial charge in [0.1, 0.15) is 0 Å². The first kappa shape index (κ1) is 17.0. The Bertz CT molecular complexity index is 449. The Balaban J connectivity index is 2.37. The molecule has 3 N–H and O–H groups in total. The summed E-state index contributed by atoms with van der Waals surface area (Å²) in [6.07, 6.45) is 0.739. The quantitative estimate of drug-likeness (QED) is 0.725. The van der Waals surface area contributed by atoms with Crippen LogP contribution in [0.1, 0.15) is 32.3 Å². The molecule has 2 atom stereocenters. The van der Waals surface area contributed by atoms with Gasteiger partial charge in [0, 0.05) is 23.2 Å². The number of aliphatic hydroxyl groups is 1. The van der Waals surface area contributed by atoms with Crippen LogP contribution < -0.4 is 10.6 Å². The van der Waals surface area contributed by atoms with Crippen LogP contribution in [0.4, 0.5) is 5.69 Å². The summed E-state index contributed by atoms with van der Waals surface area (Å²) in [6.45, 7) is 6.31. The number of aliphatic hydroxyl groups excluding tert-OH is 1. The Labute approximate surface area is 125 Å². The van der Waals surface area contributed by atoms with E-state index in [9.17, 15) is 4.79 Å². The fourth-order valence-electron chi connectivity index (χ4n) is 1.77. The number of anilines is 1. The van der Waals surface area contributed by atoms with Crippen molar-refractivity contribution in [3.05, 3.63) is 28.8 Å². The van der Waals surface area contributed by atoms with Crippen LogP contribution in [-0.4, -0.2) is 29.7 Å². The minimum atomic E-state index is -0.321. The molecule has 0 saturated carbocycles. The maximum Gasteiger partial charge on any atom is 0.225 e. The standard InChI is InChI=1S/C15H23ClN2O2/c1-10-4-5-13(9-14(10)16)18-15(20)8-11(2)17-7-6-12(3)19/h4-5,9,11-12,17,19H,6-8H2,1-3H3,(H,18,20). The van der Waals surface area contributed by atoms with Crippen molar-refractivity contribution < 1.29 is 9.90 Å². The number of carbonyl (C=O) groups excluding carboxylic acids is 1. The molecule has 20 heavy (non-hydrogen) atoms. The number of halogens is 1. The molecule has 0 aliphatic rings. The molecule has 1 aromatic rings. The summed E-state index contributed by atoms with van der Waals surface area (Å²) in [5, 5.41) is 15.8. The highest BCUT2D eigenvalue weighted by atomic mass is 35.5. The fraction of sp³-hybridized carbons (Fsp3) is 0.533. The lowest BCUT2D eigenvalue weighted by molar-refractivity contribution is -0.116. The second-order valence-corrected chi connectivity index (χ2v) is 5.62. The molecule has 0 radical (unpaired) electrons. The summed E-state index contributed by atoms with van der Waals surface area (Å²) in [4.78, 5) is 11.9. The third-order valence-electron chi connectivity index (χ3n) is 3.00. The van der Waals surface area contributed by atoms with Crippen molar-refractivity contribution in [2.75, 3.05) is 11.9 Å². The van der Waals surface area contributed by atoms with Gasteiger partial charge in [-0.3, -0.25) is 4.79 Å². The Kier molecular flexibility index (Phi) is 6.99. The molecule has 0 saturated heterocycles. The van der Waals surface area contributed by atoms with E-state index >= 15 is 0 Å². The van der Waals surface area contributed by atoms with Gasteiger partial charge in [-0.05, 0) is 51.4 Å². The normalized spacial score (nSPS) is 13.8. The van der Waals surface area contributed by atoms with E-state index in [2.05, 4.69) is 10.6 Å². The molecule has 1 rings (SSSR count). The van der Waals surface area contributed by atoms with E-state index in [0.717, 1.165) is 5.56 Å². The lowest BCUT2D eigenvalue weighted by atomic mass is 10.2. The molecule has 0 bridgehead atoms. The van der Waals surface area contributed by atoms with Crippen LogP contribution in [0.2, 0.25) is 5.02 Å². The molecule has 0 aliphatic carbocycles. The summed E-state index contributed by atoms with van der Waals surface area (Å²) >= 11 is 6.01. The fourth-order valence-corrected chi connectivity index (χ4v) is 1.95. The van der Waals surface area contributed by atoms with E-state index in [-0.39, 0.29) is 18.1 Å². The van der Waals surface area contributed by atoms with E-state index in [1.807, 2.05) is 26.0 Å². The summed E-state index contributed by atoms with van der Waals surface area (Å²) in [5.74, 6) is -0.0537. The van der Waals surface area contributed by atoms with Crippen molar-refractivity contribution in [2.45, 2.75) is 45.8 Å². The van der Waals surface area contributed by atoms with Crippen LogP contribution in [-0.2, 0) is 4.79 Å². The smallest absolute Gasteiger partial charge is 0.225 e. The monoisotopic (exact) mass is 298 g/mol. The van der Waals surface area contributed by atoms with Crippen LogP contribution in [0.3, 0.4) is 0 Å². The topological polar surface area (TPSA) is 61.4 Å². The van der Waals surface area contributed by atoms with Gasteiger partial charge in [0.15, 0.2) is 0 Å². The van der Waals surface area contributed by atoms with E-state index in [1.165, 1.54) is 0 Å². The van der Waals surface area contributed by atoms with Gasteiger partial charge in [-0.1, -0.05) is 17.7 Å². The Hall–Kier alpha value is -1.10.